The van der Waals surface area contributed by atoms with Crippen LogP contribution in [-0.4, -0.2) is 32.2 Å². The predicted molar refractivity (Wildman–Crippen MR) is 123 cm³/mol. The summed E-state index contributed by atoms with van der Waals surface area (Å²) in [5.74, 6) is 7.35. The lowest BCUT2D eigenvalue weighted by atomic mass is 10.1. The van der Waals surface area contributed by atoms with Crippen molar-refractivity contribution in [3.05, 3.63) is 52.3 Å². The zero-order chi connectivity index (χ0) is 22.0. The summed E-state index contributed by atoms with van der Waals surface area (Å²) in [5, 5.41) is 0. The number of ether oxygens (including phenoxy) is 1. The number of imidazole rings is 1. The molecule has 2 aromatic heterocycles. The smallest absolute Gasteiger partial charge is 0.306 e. The average Bonchev–Trinajstić information content (AvgIpc) is 2.96. The van der Waals surface area contributed by atoms with Gasteiger partial charge in [0.1, 0.15) is 5.75 Å². The van der Waals surface area contributed by atoms with Crippen molar-refractivity contribution in [2.75, 3.05) is 18.0 Å². The van der Waals surface area contributed by atoms with Crippen LogP contribution >= 0.6 is 0 Å². The number of nitrogens with zero attached hydrogens (tertiary/aromatic N) is 5. The Hall–Kier alpha value is -3.53. The highest BCUT2D eigenvalue weighted by Gasteiger charge is 2.23. The van der Waals surface area contributed by atoms with E-state index in [0.29, 0.717) is 23.5 Å². The number of benzene rings is 1. The molecular weight excluding hydrogens is 390 g/mol. The van der Waals surface area contributed by atoms with Gasteiger partial charge in [-0.15, -0.1) is 5.92 Å². The molecule has 0 unspecified atom stereocenters. The summed E-state index contributed by atoms with van der Waals surface area (Å²) in [6, 6.07) is 7.85. The Balaban J connectivity index is 1.83. The third-order valence-electron chi connectivity index (χ3n) is 5.51. The Morgan fingerprint density at radius 2 is 2.06 bits per heavy atom. The summed E-state index contributed by atoms with van der Waals surface area (Å²) in [7, 11) is 1.67. The number of rotatable bonds is 4. The van der Waals surface area contributed by atoms with E-state index in [0.717, 1.165) is 43.9 Å². The Morgan fingerprint density at radius 1 is 1.23 bits per heavy atom. The van der Waals surface area contributed by atoms with E-state index in [2.05, 4.69) is 28.3 Å². The molecule has 0 aliphatic carbocycles. The molecule has 0 saturated carbocycles. The highest BCUT2D eigenvalue weighted by atomic mass is 16.5. The molecule has 3 heterocycles. The van der Waals surface area contributed by atoms with E-state index in [9.17, 15) is 4.79 Å². The molecule has 160 valence electrons. The molecule has 0 atom stereocenters. The van der Waals surface area contributed by atoms with Crippen molar-refractivity contribution in [3.63, 3.8) is 0 Å². The van der Waals surface area contributed by atoms with Gasteiger partial charge in [-0.05, 0) is 50.8 Å². The fourth-order valence-electron chi connectivity index (χ4n) is 3.80. The maximum Gasteiger partial charge on any atom is 0.306 e. The van der Waals surface area contributed by atoms with Gasteiger partial charge in [0.25, 0.3) is 5.56 Å². The van der Waals surface area contributed by atoms with Gasteiger partial charge in [-0.1, -0.05) is 30.2 Å². The molecule has 7 nitrogen and oxygen atoms in total. The topological polar surface area (TPSA) is 65.2 Å². The van der Waals surface area contributed by atoms with Crippen LogP contribution in [0.4, 0.5) is 5.95 Å². The number of anilines is 1. The monoisotopic (exact) mass is 417 g/mol. The number of aryl methyl sites for hydroxylation is 1. The molecule has 0 bridgehead atoms. The summed E-state index contributed by atoms with van der Waals surface area (Å²) in [4.78, 5) is 24.9. The Kier molecular flexibility index (Phi) is 5.81. The lowest BCUT2D eigenvalue weighted by Crippen LogP contribution is -2.28. The van der Waals surface area contributed by atoms with Crippen LogP contribution in [0.2, 0.25) is 0 Å². The zero-order valence-corrected chi connectivity index (χ0v) is 18.3. The quantitative estimate of drug-likeness (QED) is 0.477. The Bertz CT molecular complexity index is 1260. The molecule has 0 radical (unpaired) electrons. The Labute approximate surface area is 182 Å². The van der Waals surface area contributed by atoms with Crippen molar-refractivity contribution in [2.24, 2.45) is 7.05 Å². The Morgan fingerprint density at radius 3 is 2.84 bits per heavy atom. The number of hydrogen-bond acceptors (Lipinski definition) is 5. The third kappa shape index (κ3) is 4.19. The molecule has 1 saturated heterocycles. The van der Waals surface area contributed by atoms with E-state index in [1.807, 2.05) is 35.8 Å². The highest BCUT2D eigenvalue weighted by Crippen LogP contribution is 2.26. The minimum absolute atomic E-state index is 0.205. The van der Waals surface area contributed by atoms with Gasteiger partial charge in [0, 0.05) is 20.1 Å². The van der Waals surface area contributed by atoms with Gasteiger partial charge >= 0.3 is 6.01 Å². The van der Waals surface area contributed by atoms with Crippen molar-refractivity contribution in [3.8, 4) is 23.6 Å². The second-order valence-electron chi connectivity index (χ2n) is 7.86. The lowest BCUT2D eigenvalue weighted by molar-refractivity contribution is 0.415. The van der Waals surface area contributed by atoms with Gasteiger partial charge in [0.2, 0.25) is 5.95 Å². The van der Waals surface area contributed by atoms with E-state index in [1.165, 1.54) is 10.1 Å². The first-order valence-electron chi connectivity index (χ1n) is 10.5. The molecule has 0 amide bonds. The van der Waals surface area contributed by atoms with Crippen molar-refractivity contribution in [1.29, 1.82) is 0 Å². The maximum atomic E-state index is 13.3. The lowest BCUT2D eigenvalue weighted by Gasteiger charge is -2.21. The van der Waals surface area contributed by atoms with Crippen LogP contribution in [0.5, 0.6) is 11.8 Å². The average molecular weight is 418 g/mol. The second kappa shape index (κ2) is 8.68. The normalized spacial score (nSPS) is 14.3. The summed E-state index contributed by atoms with van der Waals surface area (Å²) >= 11 is 0. The van der Waals surface area contributed by atoms with Crippen LogP contribution in [0, 0.1) is 18.8 Å². The van der Waals surface area contributed by atoms with Crippen molar-refractivity contribution in [1.82, 2.24) is 19.1 Å². The van der Waals surface area contributed by atoms with Gasteiger partial charge < -0.3 is 9.64 Å². The standard InChI is InChI=1S/C24H27N5O2/c1-5-6-14-29-20-21(25-23(29)28-13-8-10-17(2)12-15-28)26-24(27(4)22(20)30)31-19-11-7-9-18(3)16-19/h7,9,11,16H,2,8,10,12-15H2,1,3-4H3. The molecule has 31 heavy (non-hydrogen) atoms. The second-order valence-corrected chi connectivity index (χ2v) is 7.86. The first-order chi connectivity index (χ1) is 15.0. The summed E-state index contributed by atoms with van der Waals surface area (Å²) < 4.78 is 9.25. The van der Waals surface area contributed by atoms with E-state index >= 15 is 0 Å². The van der Waals surface area contributed by atoms with Crippen LogP contribution in [0.15, 0.2) is 41.2 Å². The van der Waals surface area contributed by atoms with Crippen LogP contribution in [0.25, 0.3) is 11.2 Å². The molecule has 3 aromatic rings. The van der Waals surface area contributed by atoms with Gasteiger partial charge in [-0.25, -0.2) is 0 Å². The van der Waals surface area contributed by atoms with Crippen LogP contribution < -0.4 is 15.2 Å². The highest BCUT2D eigenvalue weighted by molar-refractivity contribution is 5.75. The predicted octanol–water partition coefficient (Wildman–Crippen LogP) is 3.80. The number of aromatic nitrogens is 4. The fraction of sp³-hybridized carbons (Fsp3) is 0.375. The van der Waals surface area contributed by atoms with Crippen molar-refractivity contribution < 1.29 is 4.74 Å². The molecule has 0 spiro atoms. The molecule has 7 heteroatoms. The SMILES string of the molecule is C=C1CCCN(c2nc3nc(Oc4cccc(C)c4)n(C)c(=O)c3n2CC#CC)CC1. The van der Waals surface area contributed by atoms with Crippen molar-refractivity contribution in [2.45, 2.75) is 39.7 Å². The van der Waals surface area contributed by atoms with E-state index in [4.69, 9.17) is 9.72 Å². The van der Waals surface area contributed by atoms with Gasteiger partial charge in [0.05, 0.1) is 6.54 Å². The van der Waals surface area contributed by atoms with Crippen molar-refractivity contribution >= 4 is 17.1 Å². The van der Waals surface area contributed by atoms with Gasteiger partial charge in [0.15, 0.2) is 11.2 Å². The number of hydrogen-bond donors (Lipinski definition) is 0. The molecule has 1 aliphatic rings. The molecular formula is C24H27N5O2. The number of fused-ring (bicyclic) bond motifs is 1. The summed E-state index contributed by atoms with van der Waals surface area (Å²) in [5.41, 5.74) is 2.93. The first-order valence-corrected chi connectivity index (χ1v) is 10.5. The van der Waals surface area contributed by atoms with Crippen LogP contribution in [-0.2, 0) is 13.6 Å². The van der Waals surface area contributed by atoms with Gasteiger partial charge in [-0.3, -0.25) is 13.9 Å². The van der Waals surface area contributed by atoms with Gasteiger partial charge in [-0.2, -0.15) is 9.97 Å². The summed E-state index contributed by atoms with van der Waals surface area (Å²) in [6.07, 6.45) is 2.93. The molecule has 0 N–H and O–H groups in total. The minimum Gasteiger partial charge on any atom is -0.425 e. The largest absolute Gasteiger partial charge is 0.425 e. The van der Waals surface area contributed by atoms with E-state index in [1.54, 1.807) is 14.0 Å². The fourth-order valence-corrected chi connectivity index (χ4v) is 3.80. The zero-order valence-electron chi connectivity index (χ0n) is 18.3. The molecule has 1 aromatic carbocycles. The maximum absolute atomic E-state index is 13.3. The molecule has 4 rings (SSSR count). The third-order valence-corrected chi connectivity index (χ3v) is 5.51. The van der Waals surface area contributed by atoms with E-state index in [-0.39, 0.29) is 11.6 Å². The first kappa shape index (κ1) is 20.7. The minimum atomic E-state index is -0.205. The van der Waals surface area contributed by atoms with Crippen LogP contribution in [0.3, 0.4) is 0 Å². The molecule has 1 fully saturated rings. The van der Waals surface area contributed by atoms with Crippen LogP contribution in [0.1, 0.15) is 31.7 Å². The van der Waals surface area contributed by atoms with E-state index < -0.39 is 0 Å². The molecule has 1 aliphatic heterocycles. The summed E-state index contributed by atoms with van der Waals surface area (Å²) in [6.45, 7) is 9.97.